The summed E-state index contributed by atoms with van der Waals surface area (Å²) in [7, 11) is 1.60. The van der Waals surface area contributed by atoms with Gasteiger partial charge in [-0.1, -0.05) is 48.2 Å². The molecule has 0 fully saturated rings. The molecular formula is C25H21NO5S. The lowest BCUT2D eigenvalue weighted by atomic mass is 10.1. The quantitative estimate of drug-likeness (QED) is 0.406. The van der Waals surface area contributed by atoms with E-state index >= 15 is 0 Å². The van der Waals surface area contributed by atoms with E-state index in [-0.39, 0.29) is 18.3 Å². The average molecular weight is 448 g/mol. The van der Waals surface area contributed by atoms with E-state index in [1.54, 1.807) is 13.2 Å². The molecule has 0 bridgehead atoms. The van der Waals surface area contributed by atoms with E-state index in [1.165, 1.54) is 11.8 Å². The van der Waals surface area contributed by atoms with Gasteiger partial charge in [-0.3, -0.25) is 4.79 Å². The fourth-order valence-corrected chi connectivity index (χ4v) is 4.55. The van der Waals surface area contributed by atoms with Crippen molar-refractivity contribution in [1.82, 2.24) is 0 Å². The minimum absolute atomic E-state index is 0.235. The number of benzene rings is 3. The molecule has 0 atom stereocenters. The topological polar surface area (TPSA) is 69.9 Å². The minimum Gasteiger partial charge on any atom is -0.486 e. The number of rotatable bonds is 6. The van der Waals surface area contributed by atoms with Crippen molar-refractivity contribution in [3.05, 3.63) is 78.1 Å². The number of ether oxygens (including phenoxy) is 3. The van der Waals surface area contributed by atoms with Gasteiger partial charge in [-0.2, -0.15) is 0 Å². The number of para-hydroxylation sites is 1. The van der Waals surface area contributed by atoms with Crippen LogP contribution in [0.25, 0.3) is 11.0 Å². The van der Waals surface area contributed by atoms with Gasteiger partial charge in [0.2, 0.25) is 0 Å². The molecule has 0 saturated heterocycles. The monoisotopic (exact) mass is 447 g/mol. The maximum Gasteiger partial charge on any atom is 0.291 e. The molecule has 162 valence electrons. The maximum absolute atomic E-state index is 13.3. The van der Waals surface area contributed by atoms with Crippen molar-refractivity contribution in [2.75, 3.05) is 25.6 Å². The zero-order valence-corrected chi connectivity index (χ0v) is 18.2. The molecule has 1 N–H and O–H groups in total. The third-order valence-electron chi connectivity index (χ3n) is 5.06. The largest absolute Gasteiger partial charge is 0.486 e. The molecule has 6 nitrogen and oxygen atoms in total. The van der Waals surface area contributed by atoms with Gasteiger partial charge < -0.3 is 23.9 Å². The first-order chi connectivity index (χ1) is 15.7. The summed E-state index contributed by atoms with van der Waals surface area (Å²) >= 11 is 1.54. The van der Waals surface area contributed by atoms with Gasteiger partial charge in [0.15, 0.2) is 17.3 Å². The highest BCUT2D eigenvalue weighted by Crippen LogP contribution is 2.42. The second kappa shape index (κ2) is 8.98. The molecule has 5 rings (SSSR count). The number of carbonyl (C=O) groups is 1. The highest BCUT2D eigenvalue weighted by molar-refractivity contribution is 7.99. The van der Waals surface area contributed by atoms with Crippen LogP contribution in [-0.4, -0.2) is 26.2 Å². The van der Waals surface area contributed by atoms with Crippen LogP contribution in [0.4, 0.5) is 5.69 Å². The SMILES string of the molecule is COCc1c(C(=O)Nc2cc3c(cc2Sc2ccccc2)OCCO3)oc2ccccc12. The smallest absolute Gasteiger partial charge is 0.291 e. The maximum atomic E-state index is 13.3. The molecule has 0 saturated carbocycles. The molecular weight excluding hydrogens is 426 g/mol. The molecule has 2 heterocycles. The first-order valence-electron chi connectivity index (χ1n) is 10.2. The summed E-state index contributed by atoms with van der Waals surface area (Å²) in [6, 6.07) is 21.2. The Hall–Kier alpha value is -3.42. The molecule has 0 spiro atoms. The number of nitrogens with one attached hydrogen (secondary N) is 1. The average Bonchev–Trinajstić information content (AvgIpc) is 3.19. The van der Waals surface area contributed by atoms with Crippen molar-refractivity contribution in [2.24, 2.45) is 0 Å². The van der Waals surface area contributed by atoms with Crippen molar-refractivity contribution in [3.8, 4) is 11.5 Å². The Balaban J connectivity index is 1.52. The van der Waals surface area contributed by atoms with Crippen LogP contribution >= 0.6 is 11.8 Å². The molecule has 1 aliphatic rings. The van der Waals surface area contributed by atoms with Crippen molar-refractivity contribution < 1.29 is 23.4 Å². The summed E-state index contributed by atoms with van der Waals surface area (Å²) in [5.41, 5.74) is 1.98. The Kier molecular flexibility index (Phi) is 5.75. The number of amides is 1. The Morgan fingerprint density at radius 1 is 1.00 bits per heavy atom. The van der Waals surface area contributed by atoms with Crippen LogP contribution in [0.3, 0.4) is 0 Å². The van der Waals surface area contributed by atoms with Gasteiger partial charge in [0.1, 0.15) is 18.8 Å². The fraction of sp³-hybridized carbons (Fsp3) is 0.160. The highest BCUT2D eigenvalue weighted by atomic mass is 32.2. The predicted molar refractivity (Wildman–Crippen MR) is 123 cm³/mol. The zero-order chi connectivity index (χ0) is 21.9. The zero-order valence-electron chi connectivity index (χ0n) is 17.4. The van der Waals surface area contributed by atoms with Gasteiger partial charge >= 0.3 is 0 Å². The van der Waals surface area contributed by atoms with Crippen LogP contribution in [0.1, 0.15) is 16.1 Å². The lowest BCUT2D eigenvalue weighted by Gasteiger charge is -2.21. The Morgan fingerprint density at radius 3 is 2.50 bits per heavy atom. The molecule has 0 aliphatic carbocycles. The van der Waals surface area contributed by atoms with Crippen LogP contribution in [0, 0.1) is 0 Å². The normalized spacial score (nSPS) is 12.7. The number of methoxy groups -OCH3 is 1. The summed E-state index contributed by atoms with van der Waals surface area (Å²) in [4.78, 5) is 15.2. The highest BCUT2D eigenvalue weighted by Gasteiger charge is 2.23. The van der Waals surface area contributed by atoms with Crippen LogP contribution in [0.5, 0.6) is 11.5 Å². The first-order valence-corrected chi connectivity index (χ1v) is 11.0. The van der Waals surface area contributed by atoms with E-state index in [2.05, 4.69) is 5.32 Å². The van der Waals surface area contributed by atoms with E-state index in [0.29, 0.717) is 36.0 Å². The molecule has 1 amide bonds. The van der Waals surface area contributed by atoms with Gasteiger partial charge in [-0.25, -0.2) is 0 Å². The molecule has 0 radical (unpaired) electrons. The summed E-state index contributed by atoms with van der Waals surface area (Å²) in [6.07, 6.45) is 0. The lowest BCUT2D eigenvalue weighted by Crippen LogP contribution is -2.17. The molecule has 1 aliphatic heterocycles. The summed E-state index contributed by atoms with van der Waals surface area (Å²) in [6.45, 7) is 1.23. The Labute approximate surface area is 189 Å². The fourth-order valence-electron chi connectivity index (χ4n) is 3.62. The molecule has 3 aromatic carbocycles. The third-order valence-corrected chi connectivity index (χ3v) is 6.12. The van der Waals surface area contributed by atoms with E-state index in [9.17, 15) is 4.79 Å². The van der Waals surface area contributed by atoms with Gasteiger partial charge in [0.05, 0.1) is 12.3 Å². The van der Waals surface area contributed by atoms with Crippen LogP contribution in [0.15, 0.2) is 80.9 Å². The Morgan fingerprint density at radius 2 is 1.72 bits per heavy atom. The number of anilines is 1. The summed E-state index contributed by atoms with van der Waals surface area (Å²) in [5.74, 6) is 1.15. The second-order valence-electron chi connectivity index (χ2n) is 7.20. The number of carbonyl (C=O) groups excluding carboxylic acids is 1. The molecule has 32 heavy (non-hydrogen) atoms. The Bertz CT molecular complexity index is 1270. The van der Waals surface area contributed by atoms with E-state index in [0.717, 1.165) is 20.7 Å². The van der Waals surface area contributed by atoms with Crippen molar-refractivity contribution >= 4 is 34.3 Å². The van der Waals surface area contributed by atoms with Crippen LogP contribution < -0.4 is 14.8 Å². The lowest BCUT2D eigenvalue weighted by molar-refractivity contribution is 0.0991. The van der Waals surface area contributed by atoms with Crippen LogP contribution in [0.2, 0.25) is 0 Å². The number of hydrogen-bond donors (Lipinski definition) is 1. The summed E-state index contributed by atoms with van der Waals surface area (Å²) < 4.78 is 22.7. The van der Waals surface area contributed by atoms with E-state index in [1.807, 2.05) is 60.7 Å². The van der Waals surface area contributed by atoms with Crippen LogP contribution in [-0.2, 0) is 11.3 Å². The van der Waals surface area contributed by atoms with Gasteiger partial charge in [0.25, 0.3) is 5.91 Å². The third kappa shape index (κ3) is 4.04. The predicted octanol–water partition coefficient (Wildman–Crippen LogP) is 5.75. The minimum atomic E-state index is -0.347. The molecule has 0 unspecified atom stereocenters. The van der Waals surface area contributed by atoms with Crippen molar-refractivity contribution in [3.63, 3.8) is 0 Å². The first kappa shape index (κ1) is 20.5. The van der Waals surface area contributed by atoms with Crippen molar-refractivity contribution in [1.29, 1.82) is 0 Å². The number of hydrogen-bond acceptors (Lipinski definition) is 6. The van der Waals surface area contributed by atoms with Gasteiger partial charge in [-0.05, 0) is 18.2 Å². The van der Waals surface area contributed by atoms with Gasteiger partial charge in [-0.15, -0.1) is 0 Å². The van der Waals surface area contributed by atoms with E-state index in [4.69, 9.17) is 18.6 Å². The molecule has 7 heteroatoms. The number of furan rings is 1. The van der Waals surface area contributed by atoms with Crippen molar-refractivity contribution in [2.45, 2.75) is 16.4 Å². The second-order valence-corrected chi connectivity index (χ2v) is 8.32. The van der Waals surface area contributed by atoms with Gasteiger partial charge in [0, 0.05) is 40.0 Å². The van der Waals surface area contributed by atoms with E-state index < -0.39 is 0 Å². The molecule has 4 aromatic rings. The summed E-state index contributed by atoms with van der Waals surface area (Å²) in [5, 5.41) is 3.87. The molecule has 1 aromatic heterocycles. The number of fused-ring (bicyclic) bond motifs is 2. The standard InChI is InChI=1S/C25H21NO5S/c1-28-15-18-17-9-5-6-10-20(17)31-24(18)25(27)26-19-13-21-22(30-12-11-29-21)14-23(19)32-16-7-3-2-4-8-16/h2-10,13-14H,11-12,15H2,1H3,(H,26,27).